The topological polar surface area (TPSA) is 59.0 Å². The second kappa shape index (κ2) is 9.41. The van der Waals surface area contributed by atoms with Gasteiger partial charge in [-0.1, -0.05) is 18.2 Å². The van der Waals surface area contributed by atoms with Gasteiger partial charge in [-0.2, -0.15) is 5.10 Å². The Labute approximate surface area is 182 Å². The number of amides is 1. The SMILES string of the molecule is Cc1cccc(C)c1NC(=O)c1cnn(-c2ccc(F)cc2)c1C1CCNCC1.Cl. The van der Waals surface area contributed by atoms with E-state index < -0.39 is 0 Å². The van der Waals surface area contributed by atoms with E-state index in [1.807, 2.05) is 32.0 Å². The smallest absolute Gasteiger partial charge is 0.259 e. The summed E-state index contributed by atoms with van der Waals surface area (Å²) in [6.45, 7) is 5.77. The molecule has 0 aliphatic carbocycles. The first kappa shape index (κ1) is 22.0. The predicted octanol–water partition coefficient (Wildman–Crippen LogP) is 4.77. The molecule has 1 amide bonds. The molecule has 1 saturated heterocycles. The van der Waals surface area contributed by atoms with E-state index in [-0.39, 0.29) is 30.0 Å². The zero-order valence-electron chi connectivity index (χ0n) is 17.1. The van der Waals surface area contributed by atoms with Crippen molar-refractivity contribution in [1.82, 2.24) is 15.1 Å². The third-order valence-electron chi connectivity index (χ3n) is 5.57. The molecule has 0 saturated carbocycles. The van der Waals surface area contributed by atoms with E-state index in [4.69, 9.17) is 0 Å². The molecule has 5 nitrogen and oxygen atoms in total. The molecular weight excluding hydrogens is 403 g/mol. The number of benzene rings is 2. The molecule has 4 rings (SSSR count). The van der Waals surface area contributed by atoms with E-state index in [2.05, 4.69) is 15.7 Å². The fourth-order valence-corrected chi connectivity index (χ4v) is 4.00. The molecule has 3 aromatic rings. The Morgan fingerprint density at radius 3 is 2.37 bits per heavy atom. The summed E-state index contributed by atoms with van der Waals surface area (Å²) in [5.41, 5.74) is 5.10. The van der Waals surface area contributed by atoms with E-state index in [0.717, 1.165) is 54.1 Å². The molecule has 0 unspecified atom stereocenters. The first-order valence-corrected chi connectivity index (χ1v) is 9.96. The van der Waals surface area contributed by atoms with Crippen LogP contribution in [-0.2, 0) is 0 Å². The molecule has 0 bridgehead atoms. The minimum atomic E-state index is -0.294. The minimum Gasteiger partial charge on any atom is -0.321 e. The van der Waals surface area contributed by atoms with Crippen LogP contribution in [0, 0.1) is 19.7 Å². The maximum absolute atomic E-state index is 13.4. The Bertz CT molecular complexity index is 1010. The third-order valence-corrected chi connectivity index (χ3v) is 5.57. The van der Waals surface area contributed by atoms with Crippen LogP contribution < -0.4 is 10.6 Å². The molecule has 1 aliphatic rings. The van der Waals surface area contributed by atoms with Gasteiger partial charge in [0, 0.05) is 11.6 Å². The highest BCUT2D eigenvalue weighted by atomic mass is 35.5. The number of para-hydroxylation sites is 1. The zero-order chi connectivity index (χ0) is 20.4. The second-order valence-corrected chi connectivity index (χ2v) is 7.58. The standard InChI is InChI=1S/C23H25FN4O.ClH/c1-15-4-3-5-16(2)21(15)27-23(29)20-14-26-28(19-8-6-18(24)7-9-19)22(20)17-10-12-25-13-11-17;/h3-9,14,17,25H,10-13H2,1-2H3,(H,27,29);1H. The molecule has 158 valence electrons. The van der Waals surface area contributed by atoms with Gasteiger partial charge in [0.2, 0.25) is 0 Å². The molecule has 2 aromatic carbocycles. The number of hydrogen-bond donors (Lipinski definition) is 2. The van der Waals surface area contributed by atoms with Gasteiger partial charge >= 0.3 is 0 Å². The maximum Gasteiger partial charge on any atom is 0.259 e. The van der Waals surface area contributed by atoms with Gasteiger partial charge in [-0.15, -0.1) is 12.4 Å². The lowest BCUT2D eigenvalue weighted by atomic mass is 9.91. The van der Waals surface area contributed by atoms with E-state index >= 15 is 0 Å². The lowest BCUT2D eigenvalue weighted by Gasteiger charge is -2.25. The van der Waals surface area contributed by atoms with Crippen LogP contribution in [0.4, 0.5) is 10.1 Å². The summed E-state index contributed by atoms with van der Waals surface area (Å²) >= 11 is 0. The summed E-state index contributed by atoms with van der Waals surface area (Å²) in [6, 6.07) is 12.2. The molecule has 0 radical (unpaired) electrons. The van der Waals surface area contributed by atoms with Crippen LogP contribution in [0.25, 0.3) is 5.69 Å². The maximum atomic E-state index is 13.4. The number of carbonyl (C=O) groups excluding carboxylic acids is 1. The van der Waals surface area contributed by atoms with Crippen LogP contribution in [0.1, 0.15) is 45.9 Å². The van der Waals surface area contributed by atoms with Crippen molar-refractivity contribution in [3.63, 3.8) is 0 Å². The molecule has 0 atom stereocenters. The molecule has 1 aromatic heterocycles. The average Bonchev–Trinajstić information content (AvgIpc) is 3.17. The number of carbonyl (C=O) groups is 1. The van der Waals surface area contributed by atoms with Crippen LogP contribution >= 0.6 is 12.4 Å². The van der Waals surface area contributed by atoms with E-state index in [1.165, 1.54) is 12.1 Å². The summed E-state index contributed by atoms with van der Waals surface area (Å²) in [5.74, 6) is -0.246. The highest BCUT2D eigenvalue weighted by molar-refractivity contribution is 6.06. The van der Waals surface area contributed by atoms with Crippen LogP contribution in [0.15, 0.2) is 48.7 Å². The summed E-state index contributed by atoms with van der Waals surface area (Å²) in [6.07, 6.45) is 3.48. The molecular formula is C23H26ClFN4O. The number of nitrogens with one attached hydrogen (secondary N) is 2. The van der Waals surface area contributed by atoms with Crippen molar-refractivity contribution >= 4 is 24.0 Å². The third kappa shape index (κ3) is 4.40. The number of aromatic nitrogens is 2. The summed E-state index contributed by atoms with van der Waals surface area (Å²) in [5, 5.41) is 11.0. The number of hydrogen-bond acceptors (Lipinski definition) is 3. The van der Waals surface area contributed by atoms with E-state index in [9.17, 15) is 9.18 Å². The monoisotopic (exact) mass is 428 g/mol. The molecule has 1 aliphatic heterocycles. The normalized spacial score (nSPS) is 14.2. The summed E-state index contributed by atoms with van der Waals surface area (Å²) in [4.78, 5) is 13.2. The lowest BCUT2D eigenvalue weighted by molar-refractivity contribution is 0.102. The first-order chi connectivity index (χ1) is 14.0. The number of halogens is 2. The Balaban J connectivity index is 0.00000256. The Hall–Kier alpha value is -2.70. The van der Waals surface area contributed by atoms with Crippen LogP contribution in [0.2, 0.25) is 0 Å². The highest BCUT2D eigenvalue weighted by Gasteiger charge is 2.27. The predicted molar refractivity (Wildman–Crippen MR) is 119 cm³/mol. The number of nitrogens with zero attached hydrogens (tertiary/aromatic N) is 2. The van der Waals surface area contributed by atoms with Gasteiger partial charge in [0.05, 0.1) is 23.1 Å². The summed E-state index contributed by atoms with van der Waals surface area (Å²) in [7, 11) is 0. The van der Waals surface area contributed by atoms with Crippen molar-refractivity contribution in [3.8, 4) is 5.69 Å². The fraction of sp³-hybridized carbons (Fsp3) is 0.304. The van der Waals surface area contributed by atoms with Gasteiger partial charge < -0.3 is 10.6 Å². The van der Waals surface area contributed by atoms with Gasteiger partial charge in [-0.05, 0) is 75.2 Å². The van der Waals surface area contributed by atoms with Gasteiger partial charge in [-0.25, -0.2) is 9.07 Å². The number of piperidine rings is 1. The van der Waals surface area contributed by atoms with Crippen molar-refractivity contribution in [3.05, 3.63) is 76.9 Å². The highest BCUT2D eigenvalue weighted by Crippen LogP contribution is 2.31. The molecule has 2 N–H and O–H groups in total. The van der Waals surface area contributed by atoms with Crippen molar-refractivity contribution in [2.45, 2.75) is 32.6 Å². The number of aryl methyl sites for hydroxylation is 2. The van der Waals surface area contributed by atoms with Crippen molar-refractivity contribution in [1.29, 1.82) is 0 Å². The second-order valence-electron chi connectivity index (χ2n) is 7.58. The largest absolute Gasteiger partial charge is 0.321 e. The minimum absolute atomic E-state index is 0. The van der Waals surface area contributed by atoms with Crippen molar-refractivity contribution in [2.75, 3.05) is 18.4 Å². The van der Waals surface area contributed by atoms with Gasteiger partial charge in [0.1, 0.15) is 5.82 Å². The van der Waals surface area contributed by atoms with E-state index in [0.29, 0.717) is 5.56 Å². The van der Waals surface area contributed by atoms with Gasteiger partial charge in [-0.3, -0.25) is 4.79 Å². The Kier molecular flexibility index (Phi) is 6.90. The number of rotatable bonds is 4. The molecule has 30 heavy (non-hydrogen) atoms. The average molecular weight is 429 g/mol. The van der Waals surface area contributed by atoms with Gasteiger partial charge in [0.25, 0.3) is 5.91 Å². The van der Waals surface area contributed by atoms with Crippen LogP contribution in [0.3, 0.4) is 0 Å². The molecule has 2 heterocycles. The quantitative estimate of drug-likeness (QED) is 0.629. The Morgan fingerprint density at radius 2 is 1.73 bits per heavy atom. The molecule has 0 spiro atoms. The summed E-state index contributed by atoms with van der Waals surface area (Å²) < 4.78 is 15.2. The van der Waals surface area contributed by atoms with Crippen LogP contribution in [0.5, 0.6) is 0 Å². The Morgan fingerprint density at radius 1 is 1.10 bits per heavy atom. The molecule has 7 heteroatoms. The molecule has 1 fully saturated rings. The lowest BCUT2D eigenvalue weighted by Crippen LogP contribution is -2.29. The van der Waals surface area contributed by atoms with E-state index in [1.54, 1.807) is 23.0 Å². The van der Waals surface area contributed by atoms with Crippen molar-refractivity contribution in [2.24, 2.45) is 0 Å². The van der Waals surface area contributed by atoms with Crippen molar-refractivity contribution < 1.29 is 9.18 Å². The first-order valence-electron chi connectivity index (χ1n) is 9.96. The number of anilines is 1. The fourth-order valence-electron chi connectivity index (χ4n) is 4.00. The zero-order valence-corrected chi connectivity index (χ0v) is 17.9. The van der Waals surface area contributed by atoms with Crippen LogP contribution in [-0.4, -0.2) is 28.8 Å². The van der Waals surface area contributed by atoms with Gasteiger partial charge in [0.15, 0.2) is 0 Å².